The van der Waals surface area contributed by atoms with E-state index in [2.05, 4.69) is 6.92 Å². The van der Waals surface area contributed by atoms with Crippen LogP contribution in [0.4, 0.5) is 5.69 Å². The summed E-state index contributed by atoms with van der Waals surface area (Å²) in [4.78, 5) is 14.3. The Bertz CT molecular complexity index is 735. The summed E-state index contributed by atoms with van der Waals surface area (Å²) in [6.45, 7) is 3.69. The molecule has 1 aromatic rings. The third-order valence-corrected chi connectivity index (χ3v) is 5.77. The number of carbonyl (C=O) groups excluding carboxylic acids is 1. The van der Waals surface area contributed by atoms with Gasteiger partial charge in [0.2, 0.25) is 15.9 Å². The van der Waals surface area contributed by atoms with E-state index in [0.29, 0.717) is 23.1 Å². The average Bonchev–Trinajstić information content (AvgIpc) is 2.60. The fraction of sp³-hybridized carbons (Fsp3) is 0.611. The Morgan fingerprint density at radius 3 is 2.62 bits per heavy atom. The maximum atomic E-state index is 12.5. The third kappa shape index (κ3) is 5.03. The number of nitrogens with zero attached hydrogens (tertiary/aromatic N) is 2. The number of amides is 1. The van der Waals surface area contributed by atoms with Crippen LogP contribution in [0.3, 0.4) is 0 Å². The molecule has 0 radical (unpaired) electrons. The largest absolute Gasteiger partial charge is 0.497 e. The molecule has 7 nitrogen and oxygen atoms in total. The first-order chi connectivity index (χ1) is 12.3. The van der Waals surface area contributed by atoms with Gasteiger partial charge < -0.3 is 14.4 Å². The van der Waals surface area contributed by atoms with Crippen LogP contribution in [0.1, 0.15) is 26.2 Å². The molecule has 0 spiro atoms. The number of rotatable bonds is 7. The molecule has 1 fully saturated rings. The van der Waals surface area contributed by atoms with Crippen molar-refractivity contribution in [3.63, 3.8) is 0 Å². The summed E-state index contributed by atoms with van der Waals surface area (Å²) in [5.74, 6) is 1.42. The summed E-state index contributed by atoms with van der Waals surface area (Å²) in [5, 5.41) is 0. The van der Waals surface area contributed by atoms with Gasteiger partial charge in [-0.05, 0) is 30.9 Å². The van der Waals surface area contributed by atoms with E-state index < -0.39 is 10.0 Å². The molecule has 1 heterocycles. The first-order valence-electron chi connectivity index (χ1n) is 8.73. The summed E-state index contributed by atoms with van der Waals surface area (Å²) >= 11 is 0. The van der Waals surface area contributed by atoms with Gasteiger partial charge in [-0.2, -0.15) is 0 Å². The van der Waals surface area contributed by atoms with Gasteiger partial charge in [0.25, 0.3) is 0 Å². The van der Waals surface area contributed by atoms with Crippen LogP contribution >= 0.6 is 0 Å². The van der Waals surface area contributed by atoms with Gasteiger partial charge in [0.15, 0.2) is 0 Å². The van der Waals surface area contributed by atoms with Gasteiger partial charge in [0.1, 0.15) is 11.5 Å². The van der Waals surface area contributed by atoms with E-state index in [-0.39, 0.29) is 18.9 Å². The number of hydrogen-bond donors (Lipinski definition) is 0. The lowest BCUT2D eigenvalue weighted by molar-refractivity contribution is -0.132. The fourth-order valence-electron chi connectivity index (χ4n) is 3.23. The Hall–Kier alpha value is -1.96. The molecule has 0 N–H and O–H groups in total. The van der Waals surface area contributed by atoms with E-state index in [9.17, 15) is 13.2 Å². The molecule has 1 atom stereocenters. The summed E-state index contributed by atoms with van der Waals surface area (Å²) in [6.07, 6.45) is 3.39. The number of ether oxygens (including phenoxy) is 2. The van der Waals surface area contributed by atoms with Gasteiger partial charge in [-0.25, -0.2) is 8.42 Å². The molecule has 1 aromatic carbocycles. The number of benzene rings is 1. The minimum Gasteiger partial charge on any atom is -0.497 e. The molecule has 0 aromatic heterocycles. The molecule has 1 aliphatic heterocycles. The van der Waals surface area contributed by atoms with Crippen LogP contribution in [-0.4, -0.2) is 59.3 Å². The average molecular weight is 384 g/mol. The molecular weight excluding hydrogens is 356 g/mol. The minimum atomic E-state index is -3.57. The Labute approximate surface area is 155 Å². The zero-order chi connectivity index (χ0) is 19.3. The highest BCUT2D eigenvalue weighted by Gasteiger charge is 2.25. The summed E-state index contributed by atoms with van der Waals surface area (Å²) in [5.41, 5.74) is 0.399. The lowest BCUT2D eigenvalue weighted by atomic mass is 10.00. The van der Waals surface area contributed by atoms with Crippen molar-refractivity contribution in [1.29, 1.82) is 0 Å². The topological polar surface area (TPSA) is 76.2 Å². The van der Waals surface area contributed by atoms with Gasteiger partial charge in [-0.15, -0.1) is 0 Å². The van der Waals surface area contributed by atoms with Crippen molar-refractivity contribution in [1.82, 2.24) is 4.90 Å². The highest BCUT2D eigenvalue weighted by Crippen LogP contribution is 2.33. The normalized spacial score (nSPS) is 17.7. The van der Waals surface area contributed by atoms with Crippen molar-refractivity contribution in [2.45, 2.75) is 26.2 Å². The fourth-order valence-corrected chi connectivity index (χ4v) is 4.16. The van der Waals surface area contributed by atoms with Crippen LogP contribution in [-0.2, 0) is 14.8 Å². The number of carbonyl (C=O) groups is 1. The predicted molar refractivity (Wildman–Crippen MR) is 101 cm³/mol. The Kier molecular flexibility index (Phi) is 6.75. The second-order valence-electron chi connectivity index (χ2n) is 6.71. The second-order valence-corrected chi connectivity index (χ2v) is 8.62. The zero-order valence-corrected chi connectivity index (χ0v) is 16.7. The molecule has 1 aliphatic rings. The Morgan fingerprint density at radius 2 is 2.04 bits per heavy atom. The number of anilines is 1. The van der Waals surface area contributed by atoms with Crippen molar-refractivity contribution in [3.8, 4) is 11.5 Å². The molecule has 0 bridgehead atoms. The lowest BCUT2D eigenvalue weighted by Gasteiger charge is -2.32. The molecule has 1 unspecified atom stereocenters. The van der Waals surface area contributed by atoms with Crippen molar-refractivity contribution in [2.75, 3.05) is 44.4 Å². The quantitative estimate of drug-likeness (QED) is 0.720. The number of hydrogen-bond acceptors (Lipinski definition) is 5. The van der Waals surface area contributed by atoms with E-state index >= 15 is 0 Å². The van der Waals surface area contributed by atoms with Gasteiger partial charge in [-0.3, -0.25) is 9.10 Å². The van der Waals surface area contributed by atoms with E-state index in [1.807, 2.05) is 4.90 Å². The molecule has 2 rings (SSSR count). The maximum absolute atomic E-state index is 12.5. The van der Waals surface area contributed by atoms with E-state index in [0.717, 1.165) is 32.2 Å². The second kappa shape index (κ2) is 8.62. The molecular formula is C18H28N2O5S. The number of piperidine rings is 1. The summed E-state index contributed by atoms with van der Waals surface area (Å²) in [6, 6.07) is 4.93. The Balaban J connectivity index is 2.17. The van der Waals surface area contributed by atoms with Gasteiger partial charge in [0.05, 0.1) is 26.2 Å². The zero-order valence-electron chi connectivity index (χ0n) is 15.9. The van der Waals surface area contributed by atoms with E-state index in [1.165, 1.54) is 18.5 Å². The monoisotopic (exact) mass is 384 g/mol. The lowest BCUT2D eigenvalue weighted by Crippen LogP contribution is -2.41. The van der Waals surface area contributed by atoms with Crippen molar-refractivity contribution in [2.24, 2.45) is 5.92 Å². The van der Waals surface area contributed by atoms with Crippen LogP contribution in [0, 0.1) is 5.92 Å². The van der Waals surface area contributed by atoms with Crippen molar-refractivity contribution >= 4 is 21.6 Å². The molecule has 0 saturated carbocycles. The Morgan fingerprint density at radius 1 is 1.31 bits per heavy atom. The highest BCUT2D eigenvalue weighted by atomic mass is 32.2. The highest BCUT2D eigenvalue weighted by molar-refractivity contribution is 7.92. The smallest absolute Gasteiger partial charge is 0.232 e. The molecule has 1 amide bonds. The van der Waals surface area contributed by atoms with Crippen molar-refractivity contribution < 1.29 is 22.7 Å². The summed E-state index contributed by atoms with van der Waals surface area (Å²) < 4.78 is 36.3. The van der Waals surface area contributed by atoms with Crippen LogP contribution < -0.4 is 13.8 Å². The number of sulfonamides is 1. The molecule has 146 valence electrons. The number of methoxy groups -OCH3 is 2. The van der Waals surface area contributed by atoms with Crippen LogP contribution in [0.25, 0.3) is 0 Å². The first kappa shape index (κ1) is 20.4. The van der Waals surface area contributed by atoms with Gasteiger partial charge >= 0.3 is 0 Å². The van der Waals surface area contributed by atoms with Crippen molar-refractivity contribution in [3.05, 3.63) is 18.2 Å². The van der Waals surface area contributed by atoms with E-state index in [4.69, 9.17) is 9.47 Å². The van der Waals surface area contributed by atoms with Crippen LogP contribution in [0.15, 0.2) is 18.2 Å². The van der Waals surface area contributed by atoms with Gasteiger partial charge in [-0.1, -0.05) is 6.92 Å². The molecule has 1 saturated heterocycles. The SMILES string of the molecule is COc1ccc(N(CCC(=O)N2CCCC(C)C2)S(C)(=O)=O)c(OC)c1. The van der Waals surface area contributed by atoms with Gasteiger partial charge in [0, 0.05) is 32.1 Å². The summed E-state index contributed by atoms with van der Waals surface area (Å²) in [7, 11) is -0.565. The number of likely N-dealkylation sites (tertiary alicyclic amines) is 1. The molecule has 8 heteroatoms. The standard InChI is InChI=1S/C18H28N2O5S/c1-14-6-5-10-19(13-14)18(21)9-11-20(26(4,22)23)16-8-7-15(24-2)12-17(16)25-3/h7-8,12,14H,5-6,9-11,13H2,1-4H3. The predicted octanol–water partition coefficient (Wildman–Crippen LogP) is 2.12. The molecule has 26 heavy (non-hydrogen) atoms. The van der Waals surface area contributed by atoms with Crippen LogP contribution in [0.2, 0.25) is 0 Å². The van der Waals surface area contributed by atoms with Crippen LogP contribution in [0.5, 0.6) is 11.5 Å². The molecule has 0 aliphatic carbocycles. The van der Waals surface area contributed by atoms with E-state index in [1.54, 1.807) is 18.2 Å². The minimum absolute atomic E-state index is 0.0160. The maximum Gasteiger partial charge on any atom is 0.232 e. The first-order valence-corrected chi connectivity index (χ1v) is 10.6. The third-order valence-electron chi connectivity index (χ3n) is 4.59.